The van der Waals surface area contributed by atoms with Crippen molar-refractivity contribution >= 4 is 11.6 Å². The summed E-state index contributed by atoms with van der Waals surface area (Å²) in [6.07, 6.45) is 11.0. The van der Waals surface area contributed by atoms with Gasteiger partial charge in [-0.1, -0.05) is 43.5 Å². The number of ether oxygens (including phenoxy) is 1. The van der Waals surface area contributed by atoms with Crippen molar-refractivity contribution in [1.82, 2.24) is 14.9 Å². The van der Waals surface area contributed by atoms with Crippen molar-refractivity contribution in [3.63, 3.8) is 0 Å². The van der Waals surface area contributed by atoms with Crippen molar-refractivity contribution in [3.05, 3.63) is 53.5 Å². The third-order valence-electron chi connectivity index (χ3n) is 7.30. The zero-order chi connectivity index (χ0) is 22.5. The van der Waals surface area contributed by atoms with Crippen LogP contribution in [-0.2, 0) is 17.7 Å². The third kappa shape index (κ3) is 6.18. The van der Waals surface area contributed by atoms with E-state index in [2.05, 4.69) is 44.0 Å². The Bertz CT molecular complexity index is 916. The number of nitrogens with zero attached hydrogens (tertiary/aromatic N) is 4. The number of carbonyl (C=O) groups excluding carboxylic acids is 1. The van der Waals surface area contributed by atoms with Crippen molar-refractivity contribution in [3.8, 4) is 0 Å². The van der Waals surface area contributed by atoms with Crippen molar-refractivity contribution in [2.75, 3.05) is 37.7 Å². The molecule has 1 aromatic carbocycles. The molecule has 2 aliphatic carbocycles. The van der Waals surface area contributed by atoms with Gasteiger partial charge in [0.1, 0.15) is 17.8 Å². The van der Waals surface area contributed by atoms with Gasteiger partial charge in [-0.15, -0.1) is 0 Å². The van der Waals surface area contributed by atoms with Gasteiger partial charge in [-0.2, -0.15) is 0 Å². The summed E-state index contributed by atoms with van der Waals surface area (Å²) in [6.45, 7) is 5.59. The standard InChI is InChI=1S/C27H36N4O2/c32-26(16-21-6-8-22(9-7-21)18-30-12-14-33-15-13-30)25-17-27(29-20-28-25)31(19-23-10-11-23)24-4-2-1-3-5-24/h6-9,17,20,23-24H,1-5,10-16,18-19H2. The zero-order valence-corrected chi connectivity index (χ0v) is 19.6. The van der Waals surface area contributed by atoms with Crippen LogP contribution < -0.4 is 4.90 Å². The highest BCUT2D eigenvalue weighted by Crippen LogP contribution is 2.34. The van der Waals surface area contributed by atoms with Gasteiger partial charge in [0.25, 0.3) is 0 Å². The minimum atomic E-state index is 0.0644. The molecular weight excluding hydrogens is 412 g/mol. The van der Waals surface area contributed by atoms with Crippen LogP contribution in [0.2, 0.25) is 0 Å². The molecule has 1 aliphatic heterocycles. The fourth-order valence-electron chi connectivity index (χ4n) is 5.11. The Labute approximate surface area is 197 Å². The molecule has 1 aromatic heterocycles. The topological polar surface area (TPSA) is 58.6 Å². The van der Waals surface area contributed by atoms with Gasteiger partial charge < -0.3 is 9.64 Å². The molecule has 6 heteroatoms. The lowest BCUT2D eigenvalue weighted by atomic mass is 9.94. The van der Waals surface area contributed by atoms with Gasteiger partial charge in [0.15, 0.2) is 5.78 Å². The molecule has 33 heavy (non-hydrogen) atoms. The summed E-state index contributed by atoms with van der Waals surface area (Å²) in [4.78, 5) is 26.9. The van der Waals surface area contributed by atoms with Crippen LogP contribution in [0, 0.1) is 5.92 Å². The summed E-state index contributed by atoms with van der Waals surface area (Å²) in [5, 5.41) is 0. The molecule has 3 aliphatic rings. The number of hydrogen-bond acceptors (Lipinski definition) is 6. The van der Waals surface area contributed by atoms with E-state index < -0.39 is 0 Å². The average molecular weight is 449 g/mol. The highest BCUT2D eigenvalue weighted by atomic mass is 16.5. The molecule has 0 N–H and O–H groups in total. The lowest BCUT2D eigenvalue weighted by Gasteiger charge is -2.35. The minimum Gasteiger partial charge on any atom is -0.379 e. The minimum absolute atomic E-state index is 0.0644. The van der Waals surface area contributed by atoms with E-state index in [4.69, 9.17) is 4.74 Å². The van der Waals surface area contributed by atoms with Gasteiger partial charge in [0.2, 0.25) is 0 Å². The number of anilines is 1. The maximum Gasteiger partial charge on any atom is 0.185 e. The number of carbonyl (C=O) groups is 1. The second kappa shape index (κ2) is 10.7. The van der Waals surface area contributed by atoms with E-state index in [1.165, 1.54) is 50.5 Å². The molecule has 0 radical (unpaired) electrons. The molecule has 1 saturated heterocycles. The third-order valence-corrected chi connectivity index (χ3v) is 7.30. The molecule has 0 amide bonds. The number of rotatable bonds is 9. The Morgan fingerprint density at radius 3 is 2.42 bits per heavy atom. The number of aromatic nitrogens is 2. The largest absolute Gasteiger partial charge is 0.379 e. The second-order valence-corrected chi connectivity index (χ2v) is 9.95. The van der Waals surface area contributed by atoms with Gasteiger partial charge in [-0.05, 0) is 42.7 Å². The molecule has 5 rings (SSSR count). The second-order valence-electron chi connectivity index (χ2n) is 9.95. The van der Waals surface area contributed by atoms with E-state index in [9.17, 15) is 4.79 Å². The van der Waals surface area contributed by atoms with Crippen molar-refractivity contribution in [2.45, 2.75) is 64.0 Å². The van der Waals surface area contributed by atoms with Gasteiger partial charge >= 0.3 is 0 Å². The van der Waals surface area contributed by atoms with Crippen molar-refractivity contribution in [2.24, 2.45) is 5.92 Å². The normalized spacial score (nSPS) is 20.0. The number of benzene rings is 1. The van der Waals surface area contributed by atoms with Crippen LogP contribution >= 0.6 is 0 Å². The molecule has 2 aromatic rings. The Morgan fingerprint density at radius 1 is 0.970 bits per heavy atom. The molecule has 176 valence electrons. The van der Waals surface area contributed by atoms with Gasteiger partial charge in [0.05, 0.1) is 13.2 Å². The fourth-order valence-corrected chi connectivity index (χ4v) is 5.11. The molecule has 0 atom stereocenters. The summed E-state index contributed by atoms with van der Waals surface area (Å²) in [7, 11) is 0. The maximum atomic E-state index is 13.1. The Hall–Kier alpha value is -2.31. The van der Waals surface area contributed by atoms with E-state index >= 15 is 0 Å². The predicted octanol–water partition coefficient (Wildman–Crippen LogP) is 4.28. The monoisotopic (exact) mass is 448 g/mol. The summed E-state index contributed by atoms with van der Waals surface area (Å²) < 4.78 is 5.43. The summed E-state index contributed by atoms with van der Waals surface area (Å²) in [5.74, 6) is 1.79. The molecule has 0 spiro atoms. The van der Waals surface area contributed by atoms with Gasteiger partial charge in [0, 0.05) is 44.7 Å². The molecule has 2 heterocycles. The van der Waals surface area contributed by atoms with Crippen LogP contribution in [0.4, 0.5) is 5.82 Å². The van der Waals surface area contributed by atoms with Gasteiger partial charge in [-0.25, -0.2) is 9.97 Å². The first kappa shape index (κ1) is 22.5. The SMILES string of the molecule is O=C(Cc1ccc(CN2CCOCC2)cc1)c1cc(N(CC2CC2)C2CCCCC2)ncn1. The lowest BCUT2D eigenvalue weighted by molar-refractivity contribution is 0.0342. The van der Waals surface area contributed by atoms with Gasteiger partial charge in [-0.3, -0.25) is 9.69 Å². The Kier molecular flexibility index (Phi) is 7.32. The summed E-state index contributed by atoms with van der Waals surface area (Å²) in [5.41, 5.74) is 2.85. The average Bonchev–Trinajstić information content (AvgIpc) is 3.69. The molecule has 2 saturated carbocycles. The Balaban J connectivity index is 1.23. The number of ketones is 1. The number of hydrogen-bond donors (Lipinski definition) is 0. The van der Waals surface area contributed by atoms with Crippen molar-refractivity contribution < 1.29 is 9.53 Å². The number of Topliss-reactive ketones (excluding diaryl/α,β-unsaturated/α-hetero) is 1. The van der Waals surface area contributed by atoms with E-state index in [1.807, 2.05) is 6.07 Å². The molecule has 0 unspecified atom stereocenters. The first-order valence-corrected chi connectivity index (χ1v) is 12.7. The summed E-state index contributed by atoms with van der Waals surface area (Å²) >= 11 is 0. The Morgan fingerprint density at radius 2 is 1.70 bits per heavy atom. The van der Waals surface area contributed by atoms with E-state index in [0.717, 1.165) is 56.7 Å². The van der Waals surface area contributed by atoms with Crippen LogP contribution in [-0.4, -0.2) is 59.5 Å². The quantitative estimate of drug-likeness (QED) is 0.534. The molecule has 0 bridgehead atoms. The first-order chi connectivity index (χ1) is 16.2. The smallest absolute Gasteiger partial charge is 0.185 e. The zero-order valence-electron chi connectivity index (χ0n) is 19.6. The maximum absolute atomic E-state index is 13.1. The van der Waals surface area contributed by atoms with Crippen LogP contribution in [0.3, 0.4) is 0 Å². The summed E-state index contributed by atoms with van der Waals surface area (Å²) in [6, 6.07) is 10.9. The van der Waals surface area contributed by atoms with E-state index in [-0.39, 0.29) is 5.78 Å². The highest BCUT2D eigenvalue weighted by molar-refractivity contribution is 5.96. The van der Waals surface area contributed by atoms with Crippen molar-refractivity contribution in [1.29, 1.82) is 0 Å². The molecule has 3 fully saturated rings. The lowest BCUT2D eigenvalue weighted by Crippen LogP contribution is -2.39. The van der Waals surface area contributed by atoms with Crippen LogP contribution in [0.5, 0.6) is 0 Å². The highest BCUT2D eigenvalue weighted by Gasteiger charge is 2.30. The number of morpholine rings is 1. The molecule has 6 nitrogen and oxygen atoms in total. The van der Waals surface area contributed by atoms with Crippen LogP contribution in [0.25, 0.3) is 0 Å². The van der Waals surface area contributed by atoms with Crippen LogP contribution in [0.1, 0.15) is 66.6 Å². The fraction of sp³-hybridized carbons (Fsp3) is 0.593. The predicted molar refractivity (Wildman–Crippen MR) is 130 cm³/mol. The van der Waals surface area contributed by atoms with Crippen LogP contribution in [0.15, 0.2) is 36.7 Å². The van der Waals surface area contributed by atoms with E-state index in [1.54, 1.807) is 6.33 Å². The first-order valence-electron chi connectivity index (χ1n) is 12.7. The van der Waals surface area contributed by atoms with E-state index in [0.29, 0.717) is 18.2 Å². The molecular formula is C27H36N4O2.